The van der Waals surface area contributed by atoms with Gasteiger partial charge in [-0.05, 0) is 61.7 Å². The molecule has 0 unspecified atom stereocenters. The Labute approximate surface area is 166 Å². The quantitative estimate of drug-likeness (QED) is 0.789. The molecule has 2 fully saturated rings. The number of amides is 1. The number of likely N-dealkylation sites (tertiary alicyclic amines) is 1. The van der Waals surface area contributed by atoms with Crippen molar-refractivity contribution in [3.05, 3.63) is 59.7 Å². The molecule has 0 spiro atoms. The van der Waals surface area contributed by atoms with Gasteiger partial charge in [0.15, 0.2) is 0 Å². The van der Waals surface area contributed by atoms with E-state index >= 15 is 0 Å². The zero-order valence-electron chi connectivity index (χ0n) is 16.5. The Bertz CT molecular complexity index is 782. The van der Waals surface area contributed by atoms with E-state index in [1.54, 1.807) is 0 Å². The second kappa shape index (κ2) is 8.65. The number of hydrogen-bond donors (Lipinski definition) is 0. The summed E-state index contributed by atoms with van der Waals surface area (Å²) in [4.78, 5) is 17.5. The van der Waals surface area contributed by atoms with Gasteiger partial charge in [0.25, 0.3) is 5.91 Å². The van der Waals surface area contributed by atoms with E-state index in [0.29, 0.717) is 6.61 Å². The van der Waals surface area contributed by atoms with Gasteiger partial charge in [-0.15, -0.1) is 0 Å². The third-order valence-corrected chi connectivity index (χ3v) is 5.58. The Morgan fingerprint density at radius 3 is 2.43 bits per heavy atom. The predicted octanol–water partition coefficient (Wildman–Crippen LogP) is 3.90. The van der Waals surface area contributed by atoms with Crippen molar-refractivity contribution in [1.29, 1.82) is 0 Å². The summed E-state index contributed by atoms with van der Waals surface area (Å²) >= 11 is 0. The Balaban J connectivity index is 1.47. The van der Waals surface area contributed by atoms with Crippen LogP contribution in [-0.4, -0.2) is 50.3 Å². The normalized spacial score (nSPS) is 19.7. The highest BCUT2D eigenvalue weighted by Crippen LogP contribution is 2.34. The van der Waals surface area contributed by atoms with Crippen molar-refractivity contribution in [2.75, 3.05) is 44.4 Å². The average Bonchev–Trinajstić information content (AvgIpc) is 3.25. The zero-order valence-corrected chi connectivity index (χ0v) is 16.5. The number of morpholine rings is 1. The molecule has 2 heterocycles. The second-order valence-corrected chi connectivity index (χ2v) is 7.30. The maximum absolute atomic E-state index is 13.2. The van der Waals surface area contributed by atoms with E-state index in [1.807, 2.05) is 36.1 Å². The summed E-state index contributed by atoms with van der Waals surface area (Å²) in [6.45, 7) is 6.78. The summed E-state index contributed by atoms with van der Waals surface area (Å²) in [6.07, 6.45) is 2.04. The first-order valence-corrected chi connectivity index (χ1v) is 10.2. The van der Waals surface area contributed by atoms with Crippen LogP contribution in [0, 0.1) is 0 Å². The number of carbonyl (C=O) groups excluding carboxylic acids is 1. The summed E-state index contributed by atoms with van der Waals surface area (Å²) in [6, 6.07) is 16.3. The highest BCUT2D eigenvalue weighted by atomic mass is 16.5. The van der Waals surface area contributed by atoms with Gasteiger partial charge < -0.3 is 19.3 Å². The summed E-state index contributed by atoms with van der Waals surface area (Å²) < 4.78 is 11.0. The van der Waals surface area contributed by atoms with Gasteiger partial charge in [0.2, 0.25) is 0 Å². The van der Waals surface area contributed by atoms with Gasteiger partial charge in [-0.3, -0.25) is 4.79 Å². The number of nitrogens with zero attached hydrogens (tertiary/aromatic N) is 2. The topological polar surface area (TPSA) is 42.0 Å². The first-order chi connectivity index (χ1) is 13.8. The lowest BCUT2D eigenvalue weighted by Gasteiger charge is -2.29. The molecule has 148 valence electrons. The minimum absolute atomic E-state index is 0.116. The van der Waals surface area contributed by atoms with Gasteiger partial charge in [-0.2, -0.15) is 0 Å². The molecule has 2 aromatic rings. The molecule has 4 rings (SSSR count). The lowest BCUT2D eigenvalue weighted by atomic mass is 10.0. The molecule has 1 amide bonds. The lowest BCUT2D eigenvalue weighted by Crippen LogP contribution is -2.36. The fraction of sp³-hybridized carbons (Fsp3) is 0.435. The molecule has 0 bridgehead atoms. The number of hydrogen-bond acceptors (Lipinski definition) is 4. The molecular formula is C23H28N2O3. The van der Waals surface area contributed by atoms with Crippen LogP contribution >= 0.6 is 0 Å². The van der Waals surface area contributed by atoms with Crippen LogP contribution in [0.1, 0.15) is 41.7 Å². The minimum atomic E-state index is 0.116. The SMILES string of the molecule is CCOc1ccc([C@@H]2CCCN2C(=O)c2ccc(N3CCOCC3)cc2)cc1. The molecule has 2 aliphatic heterocycles. The maximum atomic E-state index is 13.2. The van der Waals surface area contributed by atoms with E-state index in [2.05, 4.69) is 29.2 Å². The number of anilines is 1. The number of carbonyl (C=O) groups is 1. The van der Waals surface area contributed by atoms with Crippen LogP contribution in [0.4, 0.5) is 5.69 Å². The molecule has 1 atom stereocenters. The van der Waals surface area contributed by atoms with Crippen LogP contribution in [0.25, 0.3) is 0 Å². The third-order valence-electron chi connectivity index (χ3n) is 5.58. The molecule has 0 N–H and O–H groups in total. The van der Waals surface area contributed by atoms with Crippen molar-refractivity contribution < 1.29 is 14.3 Å². The number of benzene rings is 2. The average molecular weight is 380 g/mol. The molecule has 5 nitrogen and oxygen atoms in total. The van der Waals surface area contributed by atoms with Gasteiger partial charge in [0, 0.05) is 30.9 Å². The molecule has 28 heavy (non-hydrogen) atoms. The van der Waals surface area contributed by atoms with Gasteiger partial charge in [-0.25, -0.2) is 0 Å². The molecule has 0 saturated carbocycles. The van der Waals surface area contributed by atoms with Crippen LogP contribution < -0.4 is 9.64 Å². The largest absolute Gasteiger partial charge is 0.494 e. The fourth-order valence-electron chi connectivity index (χ4n) is 4.11. The first-order valence-electron chi connectivity index (χ1n) is 10.2. The van der Waals surface area contributed by atoms with Gasteiger partial charge in [0.05, 0.1) is 25.9 Å². The second-order valence-electron chi connectivity index (χ2n) is 7.30. The number of rotatable bonds is 5. The van der Waals surface area contributed by atoms with Crippen molar-refractivity contribution in [1.82, 2.24) is 4.90 Å². The highest BCUT2D eigenvalue weighted by Gasteiger charge is 2.30. The Morgan fingerprint density at radius 1 is 1.04 bits per heavy atom. The standard InChI is InChI=1S/C23H28N2O3/c1-2-28-21-11-7-18(8-12-21)22-4-3-13-25(22)23(26)19-5-9-20(10-6-19)24-14-16-27-17-15-24/h5-12,22H,2-4,13-17H2,1H3/t22-/m0/s1. The Hall–Kier alpha value is -2.53. The van der Waals surface area contributed by atoms with E-state index in [4.69, 9.17) is 9.47 Å². The molecule has 0 aliphatic carbocycles. The Morgan fingerprint density at radius 2 is 1.75 bits per heavy atom. The monoisotopic (exact) mass is 380 g/mol. The van der Waals surface area contributed by atoms with Crippen molar-refractivity contribution in [3.8, 4) is 5.75 Å². The Kier molecular flexibility index (Phi) is 5.81. The number of ether oxygens (including phenoxy) is 2. The molecule has 0 aromatic heterocycles. The van der Waals surface area contributed by atoms with Gasteiger partial charge in [0.1, 0.15) is 5.75 Å². The third kappa shape index (κ3) is 3.99. The highest BCUT2D eigenvalue weighted by molar-refractivity contribution is 5.95. The summed E-state index contributed by atoms with van der Waals surface area (Å²) in [5, 5.41) is 0. The minimum Gasteiger partial charge on any atom is -0.494 e. The molecule has 0 radical (unpaired) electrons. The van der Waals surface area contributed by atoms with Crippen LogP contribution in [0.3, 0.4) is 0 Å². The lowest BCUT2D eigenvalue weighted by molar-refractivity contribution is 0.0735. The molecule has 2 aromatic carbocycles. The van der Waals surface area contributed by atoms with Crippen LogP contribution in [0.2, 0.25) is 0 Å². The predicted molar refractivity (Wildman–Crippen MR) is 110 cm³/mol. The smallest absolute Gasteiger partial charge is 0.254 e. The maximum Gasteiger partial charge on any atom is 0.254 e. The summed E-state index contributed by atoms with van der Waals surface area (Å²) in [7, 11) is 0. The van der Waals surface area contributed by atoms with Crippen LogP contribution in [-0.2, 0) is 4.74 Å². The van der Waals surface area contributed by atoms with Crippen molar-refractivity contribution in [2.24, 2.45) is 0 Å². The summed E-state index contributed by atoms with van der Waals surface area (Å²) in [5.74, 6) is 0.991. The van der Waals surface area contributed by atoms with Crippen molar-refractivity contribution in [2.45, 2.75) is 25.8 Å². The van der Waals surface area contributed by atoms with Crippen LogP contribution in [0.15, 0.2) is 48.5 Å². The van der Waals surface area contributed by atoms with Gasteiger partial charge >= 0.3 is 0 Å². The van der Waals surface area contributed by atoms with E-state index in [0.717, 1.165) is 62.7 Å². The van der Waals surface area contributed by atoms with E-state index in [1.165, 1.54) is 5.56 Å². The van der Waals surface area contributed by atoms with Crippen molar-refractivity contribution in [3.63, 3.8) is 0 Å². The van der Waals surface area contributed by atoms with E-state index in [9.17, 15) is 4.79 Å². The zero-order chi connectivity index (χ0) is 19.3. The van der Waals surface area contributed by atoms with Crippen molar-refractivity contribution >= 4 is 11.6 Å². The summed E-state index contributed by atoms with van der Waals surface area (Å²) in [5.41, 5.74) is 3.10. The fourth-order valence-corrected chi connectivity index (χ4v) is 4.11. The first kappa shape index (κ1) is 18.8. The molecule has 2 aliphatic rings. The molecule has 5 heteroatoms. The molecule has 2 saturated heterocycles. The molecular weight excluding hydrogens is 352 g/mol. The van der Waals surface area contributed by atoms with E-state index < -0.39 is 0 Å². The van der Waals surface area contributed by atoms with Gasteiger partial charge in [-0.1, -0.05) is 12.1 Å². The van der Waals surface area contributed by atoms with Crippen LogP contribution in [0.5, 0.6) is 5.75 Å². The van der Waals surface area contributed by atoms with E-state index in [-0.39, 0.29) is 11.9 Å².